The number of nitrogens with zero attached hydrogens (tertiary/aromatic N) is 4. The summed E-state index contributed by atoms with van der Waals surface area (Å²) in [6.07, 6.45) is 3.82. The number of esters is 1. The fraction of sp³-hybridized carbons (Fsp3) is 0.458. The van der Waals surface area contributed by atoms with Crippen LogP contribution in [0.5, 0.6) is 5.75 Å². The minimum Gasteiger partial charge on any atom is -0.497 e. The fourth-order valence-corrected chi connectivity index (χ4v) is 4.98. The third-order valence-electron chi connectivity index (χ3n) is 5.73. The Balaban J connectivity index is 1.71. The third-order valence-corrected chi connectivity index (χ3v) is 6.76. The quantitative estimate of drug-likeness (QED) is 0.589. The summed E-state index contributed by atoms with van der Waals surface area (Å²) in [6.45, 7) is 5.42. The van der Waals surface area contributed by atoms with E-state index in [9.17, 15) is 4.79 Å². The van der Waals surface area contributed by atoms with Crippen molar-refractivity contribution in [3.8, 4) is 5.75 Å². The lowest BCUT2D eigenvalue weighted by atomic mass is 10.2. The Kier molecular flexibility index (Phi) is 8.12. The van der Waals surface area contributed by atoms with Gasteiger partial charge in [0.2, 0.25) is 0 Å². The predicted molar refractivity (Wildman–Crippen MR) is 136 cm³/mol. The maximum absolute atomic E-state index is 12.7. The molecular formula is C24H31N5O4S. The Morgan fingerprint density at radius 3 is 2.62 bits per heavy atom. The van der Waals surface area contributed by atoms with Crippen molar-refractivity contribution in [1.82, 2.24) is 9.97 Å². The monoisotopic (exact) mass is 485 g/mol. The number of hydrogen-bond acceptors (Lipinski definition) is 10. The van der Waals surface area contributed by atoms with Crippen molar-refractivity contribution >= 4 is 47.2 Å². The van der Waals surface area contributed by atoms with Crippen LogP contribution in [-0.2, 0) is 14.3 Å². The van der Waals surface area contributed by atoms with Crippen LogP contribution in [0.2, 0.25) is 0 Å². The molecule has 0 amide bonds. The molecule has 2 aliphatic heterocycles. The van der Waals surface area contributed by atoms with Crippen molar-refractivity contribution in [3.05, 3.63) is 35.7 Å². The van der Waals surface area contributed by atoms with Gasteiger partial charge in [-0.3, -0.25) is 0 Å². The van der Waals surface area contributed by atoms with Gasteiger partial charge >= 0.3 is 5.97 Å². The summed E-state index contributed by atoms with van der Waals surface area (Å²) >= 11 is 1.73. The van der Waals surface area contributed by atoms with Crippen molar-refractivity contribution in [2.75, 3.05) is 73.6 Å². The highest BCUT2D eigenvalue weighted by Crippen LogP contribution is 2.34. The van der Waals surface area contributed by atoms with E-state index in [4.69, 9.17) is 29.9 Å². The lowest BCUT2D eigenvalue weighted by Crippen LogP contribution is -2.49. The highest BCUT2D eigenvalue weighted by atomic mass is 32.2. The molecule has 0 aliphatic carbocycles. The van der Waals surface area contributed by atoms with Crippen LogP contribution in [0, 0.1) is 0 Å². The number of thioether (sulfide) groups is 1. The van der Waals surface area contributed by atoms with Gasteiger partial charge in [-0.05, 0) is 30.7 Å². The van der Waals surface area contributed by atoms with Crippen LogP contribution in [0.25, 0.3) is 12.2 Å². The molecule has 1 aromatic heterocycles. The largest absolute Gasteiger partial charge is 0.497 e. The van der Waals surface area contributed by atoms with E-state index in [-0.39, 0.29) is 5.97 Å². The number of hydrogen-bond donors (Lipinski definition) is 1. The van der Waals surface area contributed by atoms with Gasteiger partial charge in [-0.25, -0.2) is 14.8 Å². The van der Waals surface area contributed by atoms with E-state index in [1.807, 2.05) is 48.2 Å². The van der Waals surface area contributed by atoms with Crippen molar-refractivity contribution in [2.24, 2.45) is 0 Å². The molecule has 0 saturated carbocycles. The lowest BCUT2D eigenvalue weighted by molar-refractivity contribution is -0.144. The lowest BCUT2D eigenvalue weighted by Gasteiger charge is -2.36. The number of benzene rings is 1. The zero-order chi connectivity index (χ0) is 23.9. The number of methoxy groups -OCH3 is 1. The number of nitrogen functional groups attached to an aromatic ring is 1. The summed E-state index contributed by atoms with van der Waals surface area (Å²) in [5.74, 6) is 3.83. The van der Waals surface area contributed by atoms with Crippen molar-refractivity contribution in [3.63, 3.8) is 0 Å². The number of ether oxygens (including phenoxy) is 3. The van der Waals surface area contributed by atoms with Crippen LogP contribution < -0.4 is 20.3 Å². The van der Waals surface area contributed by atoms with Crippen molar-refractivity contribution in [1.29, 1.82) is 0 Å². The van der Waals surface area contributed by atoms with Gasteiger partial charge in [-0.1, -0.05) is 18.2 Å². The molecule has 2 fully saturated rings. The Hall–Kier alpha value is -2.98. The summed E-state index contributed by atoms with van der Waals surface area (Å²) < 4.78 is 16.1. The number of carbonyl (C=O) groups excluding carboxylic acids is 1. The molecule has 3 heterocycles. The van der Waals surface area contributed by atoms with E-state index in [1.165, 1.54) is 0 Å². The predicted octanol–water partition coefficient (Wildman–Crippen LogP) is 2.56. The molecule has 0 radical (unpaired) electrons. The van der Waals surface area contributed by atoms with E-state index in [1.54, 1.807) is 18.9 Å². The highest BCUT2D eigenvalue weighted by Gasteiger charge is 2.34. The number of rotatable bonds is 7. The average Bonchev–Trinajstić information content (AvgIpc) is 2.89. The number of nitrogens with two attached hydrogens (primary N) is 1. The van der Waals surface area contributed by atoms with Crippen LogP contribution in [0.4, 0.5) is 17.3 Å². The maximum atomic E-state index is 12.7. The van der Waals surface area contributed by atoms with Gasteiger partial charge in [0.15, 0.2) is 17.5 Å². The molecule has 2 N–H and O–H groups in total. The fourth-order valence-electron chi connectivity index (χ4n) is 3.95. The van der Waals surface area contributed by atoms with Gasteiger partial charge in [0.05, 0.1) is 26.9 Å². The van der Waals surface area contributed by atoms with Gasteiger partial charge in [-0.2, -0.15) is 11.8 Å². The van der Waals surface area contributed by atoms with Gasteiger partial charge in [0, 0.05) is 31.1 Å². The van der Waals surface area contributed by atoms with Gasteiger partial charge in [0.25, 0.3) is 0 Å². The second-order valence-electron chi connectivity index (χ2n) is 7.88. The zero-order valence-electron chi connectivity index (χ0n) is 19.6. The first-order chi connectivity index (χ1) is 16.6. The number of anilines is 3. The summed E-state index contributed by atoms with van der Waals surface area (Å²) in [5, 5.41) is 0. The topological polar surface area (TPSA) is 103 Å². The molecule has 1 atom stereocenters. The first-order valence-electron chi connectivity index (χ1n) is 11.4. The second kappa shape index (κ2) is 11.4. The highest BCUT2D eigenvalue weighted by molar-refractivity contribution is 7.99. The van der Waals surface area contributed by atoms with Gasteiger partial charge in [-0.15, -0.1) is 0 Å². The molecule has 0 spiro atoms. The molecule has 2 aromatic rings. The molecule has 10 heteroatoms. The van der Waals surface area contributed by atoms with E-state index in [0.29, 0.717) is 68.4 Å². The first kappa shape index (κ1) is 24.2. The minimum absolute atomic E-state index is 0.254. The molecule has 2 saturated heterocycles. The average molecular weight is 486 g/mol. The summed E-state index contributed by atoms with van der Waals surface area (Å²) in [6, 6.07) is 7.31. The number of morpholine rings is 1. The maximum Gasteiger partial charge on any atom is 0.329 e. The third kappa shape index (κ3) is 5.56. The number of aromatic nitrogens is 2. The standard InChI is InChI=1S/C24H31N5O4S/c1-3-33-24(30)19-16-34-15-12-29(19)23-21(25)22(28-10-13-32-14-11-28)26-20(27-23)9-6-17-4-7-18(31-2)8-5-17/h4-9,19H,3,10-16,25H2,1-2H3. The molecule has 182 valence electrons. The molecule has 0 bridgehead atoms. The molecule has 1 aromatic carbocycles. The summed E-state index contributed by atoms with van der Waals surface area (Å²) in [7, 11) is 1.64. The van der Waals surface area contributed by atoms with Crippen LogP contribution in [0.1, 0.15) is 18.3 Å². The molecule has 2 aliphatic rings. The van der Waals surface area contributed by atoms with Gasteiger partial charge < -0.3 is 29.7 Å². The van der Waals surface area contributed by atoms with Crippen LogP contribution in [-0.4, -0.2) is 80.0 Å². The van der Waals surface area contributed by atoms with Crippen molar-refractivity contribution in [2.45, 2.75) is 13.0 Å². The molecule has 1 unspecified atom stereocenters. The minimum atomic E-state index is -0.438. The number of carbonyl (C=O) groups is 1. The molecule has 34 heavy (non-hydrogen) atoms. The smallest absolute Gasteiger partial charge is 0.329 e. The van der Waals surface area contributed by atoms with E-state index in [2.05, 4.69) is 4.90 Å². The Labute approximate surface area is 204 Å². The van der Waals surface area contributed by atoms with E-state index < -0.39 is 6.04 Å². The summed E-state index contributed by atoms with van der Waals surface area (Å²) in [4.78, 5) is 26.4. The molecule has 9 nitrogen and oxygen atoms in total. The van der Waals surface area contributed by atoms with E-state index in [0.717, 1.165) is 17.1 Å². The zero-order valence-corrected chi connectivity index (χ0v) is 20.4. The second-order valence-corrected chi connectivity index (χ2v) is 9.03. The molecule has 4 rings (SSSR count). The first-order valence-corrected chi connectivity index (χ1v) is 12.6. The SMILES string of the molecule is CCOC(=O)C1CSCCN1c1nc(C=Cc2ccc(OC)cc2)nc(N2CCOCC2)c1N. The van der Waals surface area contributed by atoms with Gasteiger partial charge in [0.1, 0.15) is 17.5 Å². The van der Waals surface area contributed by atoms with Crippen molar-refractivity contribution < 1.29 is 19.0 Å². The Morgan fingerprint density at radius 2 is 1.91 bits per heavy atom. The normalized spacial score (nSPS) is 18.8. The van der Waals surface area contributed by atoms with Crippen LogP contribution in [0.15, 0.2) is 24.3 Å². The Morgan fingerprint density at radius 1 is 1.18 bits per heavy atom. The summed E-state index contributed by atoms with van der Waals surface area (Å²) in [5.41, 5.74) is 8.11. The van der Waals surface area contributed by atoms with Crippen LogP contribution >= 0.6 is 11.8 Å². The molecular weight excluding hydrogens is 454 g/mol. The Bertz CT molecular complexity index is 1010. The van der Waals surface area contributed by atoms with Crippen LogP contribution in [0.3, 0.4) is 0 Å². The van der Waals surface area contributed by atoms with E-state index >= 15 is 0 Å².